The van der Waals surface area contributed by atoms with Gasteiger partial charge < -0.3 is 4.74 Å². The van der Waals surface area contributed by atoms with E-state index in [-0.39, 0.29) is 5.91 Å². The molecular formula is C18H21Cl2N3O2S2. The van der Waals surface area contributed by atoms with E-state index >= 15 is 0 Å². The monoisotopic (exact) mass is 445 g/mol. The minimum Gasteiger partial charge on any atom is -0.490 e. The van der Waals surface area contributed by atoms with Crippen molar-refractivity contribution in [3.05, 3.63) is 40.4 Å². The highest BCUT2D eigenvalue weighted by Crippen LogP contribution is 2.35. The zero-order chi connectivity index (χ0) is 19.6. The van der Waals surface area contributed by atoms with Crippen molar-refractivity contribution < 1.29 is 9.53 Å². The van der Waals surface area contributed by atoms with Crippen LogP contribution >= 0.6 is 46.3 Å². The van der Waals surface area contributed by atoms with Crippen LogP contribution in [0.25, 0.3) is 0 Å². The van der Waals surface area contributed by atoms with E-state index in [0.717, 1.165) is 29.4 Å². The van der Waals surface area contributed by atoms with E-state index in [1.165, 1.54) is 29.5 Å². The van der Waals surface area contributed by atoms with Crippen LogP contribution in [-0.2, 0) is 0 Å². The molecule has 0 aliphatic carbocycles. The number of thioether (sulfide) groups is 1. The Hall–Kier alpha value is -1.28. The molecule has 2 aromatic rings. The fourth-order valence-electron chi connectivity index (χ4n) is 2.15. The third-order valence-corrected chi connectivity index (χ3v) is 5.99. The summed E-state index contributed by atoms with van der Waals surface area (Å²) in [6.07, 6.45) is 6.15. The van der Waals surface area contributed by atoms with E-state index in [0.29, 0.717) is 33.1 Å². The first-order valence-electron chi connectivity index (χ1n) is 8.55. The lowest BCUT2D eigenvalue weighted by molar-refractivity contribution is 0.102. The molecule has 0 bridgehead atoms. The number of hydrogen-bond acceptors (Lipinski definition) is 6. The van der Waals surface area contributed by atoms with Gasteiger partial charge in [-0.05, 0) is 18.6 Å². The quantitative estimate of drug-likeness (QED) is 0.189. The molecule has 27 heavy (non-hydrogen) atoms. The van der Waals surface area contributed by atoms with Crippen LogP contribution in [0.15, 0.2) is 29.1 Å². The molecule has 0 spiro atoms. The van der Waals surface area contributed by atoms with E-state index in [1.54, 1.807) is 18.2 Å². The molecule has 2 rings (SSSR count). The average Bonchev–Trinajstić information content (AvgIpc) is 3.08. The number of rotatable bonds is 11. The van der Waals surface area contributed by atoms with Gasteiger partial charge in [0, 0.05) is 11.3 Å². The third-order valence-electron chi connectivity index (χ3n) is 3.46. The highest BCUT2D eigenvalue weighted by Gasteiger charge is 2.16. The number of nitrogens with zero attached hydrogens (tertiary/aromatic N) is 2. The van der Waals surface area contributed by atoms with Crippen LogP contribution in [-0.4, -0.2) is 28.5 Å². The molecule has 1 aromatic carbocycles. The number of ether oxygens (including phenoxy) is 1. The molecule has 0 unspecified atom stereocenters. The maximum atomic E-state index is 12.4. The Morgan fingerprint density at radius 1 is 1.30 bits per heavy atom. The van der Waals surface area contributed by atoms with Crippen LogP contribution in [0.3, 0.4) is 0 Å². The van der Waals surface area contributed by atoms with Gasteiger partial charge in [0.25, 0.3) is 5.91 Å². The van der Waals surface area contributed by atoms with Gasteiger partial charge in [-0.25, -0.2) is 0 Å². The molecule has 0 aliphatic rings. The normalized spacial score (nSPS) is 10.6. The molecule has 0 saturated carbocycles. The summed E-state index contributed by atoms with van der Waals surface area (Å²) in [6, 6.07) is 3.08. The summed E-state index contributed by atoms with van der Waals surface area (Å²) in [5.41, 5.74) is 0.332. The van der Waals surface area contributed by atoms with Crippen molar-refractivity contribution in [2.24, 2.45) is 0 Å². The Balaban J connectivity index is 1.98. The second-order valence-corrected chi connectivity index (χ2v) is 8.66. The zero-order valence-electron chi connectivity index (χ0n) is 15.0. The van der Waals surface area contributed by atoms with Gasteiger partial charge in [0.1, 0.15) is 0 Å². The number of amides is 1. The standard InChI is InChI=1S/C18H21Cl2N3O2S2/c1-3-5-6-7-8-25-15-13(19)10-12(11-14(15)20)16(24)21-17-22-23-18(27-17)26-9-4-2/h4,10-11H,2-3,5-9H2,1H3,(H,21,22,24). The summed E-state index contributed by atoms with van der Waals surface area (Å²) < 4.78 is 6.44. The zero-order valence-corrected chi connectivity index (χ0v) is 18.1. The third kappa shape index (κ3) is 6.99. The lowest BCUT2D eigenvalue weighted by Gasteiger charge is -2.11. The molecular weight excluding hydrogens is 425 g/mol. The Bertz CT molecular complexity index is 761. The van der Waals surface area contributed by atoms with Crippen molar-refractivity contribution in [1.82, 2.24) is 10.2 Å². The fourth-order valence-corrected chi connectivity index (χ4v) is 4.25. The minimum atomic E-state index is -0.357. The van der Waals surface area contributed by atoms with Gasteiger partial charge in [0.15, 0.2) is 10.1 Å². The number of carbonyl (C=O) groups is 1. The molecule has 9 heteroatoms. The summed E-state index contributed by atoms with van der Waals surface area (Å²) in [6.45, 7) is 6.35. The van der Waals surface area contributed by atoms with Gasteiger partial charge in [-0.2, -0.15) is 0 Å². The van der Waals surface area contributed by atoms with Crippen LogP contribution in [0.1, 0.15) is 43.0 Å². The summed E-state index contributed by atoms with van der Waals surface area (Å²) in [7, 11) is 0. The van der Waals surface area contributed by atoms with Crippen LogP contribution in [0.5, 0.6) is 5.75 Å². The second kappa shape index (κ2) is 11.5. The summed E-state index contributed by atoms with van der Waals surface area (Å²) in [5, 5.41) is 11.7. The largest absolute Gasteiger partial charge is 0.490 e. The maximum Gasteiger partial charge on any atom is 0.257 e. The SMILES string of the molecule is C=CCSc1nnc(NC(=O)c2cc(Cl)c(OCCCCCC)c(Cl)c2)s1. The Morgan fingerprint density at radius 3 is 2.70 bits per heavy atom. The highest BCUT2D eigenvalue weighted by atomic mass is 35.5. The number of halogens is 2. The number of hydrogen-bond donors (Lipinski definition) is 1. The smallest absolute Gasteiger partial charge is 0.257 e. The van der Waals surface area contributed by atoms with Crippen LogP contribution < -0.4 is 10.1 Å². The van der Waals surface area contributed by atoms with E-state index in [1.807, 2.05) is 0 Å². The van der Waals surface area contributed by atoms with Gasteiger partial charge in [-0.1, -0.05) is 78.6 Å². The van der Waals surface area contributed by atoms with Crippen LogP contribution in [0.4, 0.5) is 5.13 Å². The minimum absolute atomic E-state index is 0.308. The molecule has 0 fully saturated rings. The molecule has 1 amide bonds. The fraction of sp³-hybridized carbons (Fsp3) is 0.389. The number of benzene rings is 1. The van der Waals surface area contributed by atoms with Gasteiger partial charge in [-0.3, -0.25) is 10.1 Å². The first-order chi connectivity index (χ1) is 13.0. The summed E-state index contributed by atoms with van der Waals surface area (Å²) >= 11 is 15.3. The van der Waals surface area contributed by atoms with Crippen molar-refractivity contribution in [1.29, 1.82) is 0 Å². The Labute approximate surface area is 177 Å². The number of nitrogens with one attached hydrogen (secondary N) is 1. The van der Waals surface area contributed by atoms with Gasteiger partial charge in [0.05, 0.1) is 16.7 Å². The van der Waals surface area contributed by atoms with Crippen LogP contribution in [0.2, 0.25) is 10.0 Å². The number of unbranched alkanes of at least 4 members (excludes halogenated alkanes) is 3. The van der Waals surface area contributed by atoms with Crippen LogP contribution in [0, 0.1) is 0 Å². The Kier molecular flexibility index (Phi) is 9.41. The molecule has 0 atom stereocenters. The van der Waals surface area contributed by atoms with E-state index < -0.39 is 0 Å². The molecule has 1 heterocycles. The van der Waals surface area contributed by atoms with Gasteiger partial charge in [-0.15, -0.1) is 16.8 Å². The number of anilines is 1. The first-order valence-corrected chi connectivity index (χ1v) is 11.1. The van der Waals surface area contributed by atoms with E-state index in [9.17, 15) is 4.79 Å². The lowest BCUT2D eigenvalue weighted by Crippen LogP contribution is -2.12. The summed E-state index contributed by atoms with van der Waals surface area (Å²) in [5.74, 6) is 0.781. The van der Waals surface area contributed by atoms with Crippen molar-refractivity contribution in [2.45, 2.75) is 36.9 Å². The molecule has 1 N–H and O–H groups in total. The maximum absolute atomic E-state index is 12.4. The first kappa shape index (κ1) is 22.0. The molecule has 0 saturated heterocycles. The topological polar surface area (TPSA) is 64.1 Å². The molecule has 0 radical (unpaired) electrons. The molecule has 1 aromatic heterocycles. The highest BCUT2D eigenvalue weighted by molar-refractivity contribution is 8.01. The molecule has 146 valence electrons. The molecule has 0 aliphatic heterocycles. The second-order valence-electron chi connectivity index (χ2n) is 5.61. The predicted molar refractivity (Wildman–Crippen MR) is 115 cm³/mol. The van der Waals surface area contributed by atoms with Crippen molar-refractivity contribution in [3.8, 4) is 5.75 Å². The van der Waals surface area contributed by atoms with E-state index in [4.69, 9.17) is 27.9 Å². The lowest BCUT2D eigenvalue weighted by atomic mass is 10.2. The molecule has 5 nitrogen and oxygen atoms in total. The van der Waals surface area contributed by atoms with E-state index in [2.05, 4.69) is 29.0 Å². The summed E-state index contributed by atoms with van der Waals surface area (Å²) in [4.78, 5) is 12.4. The van der Waals surface area contributed by atoms with Crippen molar-refractivity contribution in [2.75, 3.05) is 17.7 Å². The van der Waals surface area contributed by atoms with Gasteiger partial charge >= 0.3 is 0 Å². The number of carbonyl (C=O) groups excluding carboxylic acids is 1. The van der Waals surface area contributed by atoms with Crippen molar-refractivity contribution in [3.63, 3.8) is 0 Å². The van der Waals surface area contributed by atoms with Gasteiger partial charge in [0.2, 0.25) is 5.13 Å². The number of aromatic nitrogens is 2. The average molecular weight is 446 g/mol. The van der Waals surface area contributed by atoms with Crippen molar-refractivity contribution >= 4 is 57.3 Å². The Morgan fingerprint density at radius 2 is 2.04 bits per heavy atom. The predicted octanol–water partition coefficient (Wildman–Crippen LogP) is 6.33.